The van der Waals surface area contributed by atoms with E-state index < -0.39 is 18.2 Å². The lowest BCUT2D eigenvalue weighted by atomic mass is 9.88. The van der Waals surface area contributed by atoms with Crippen LogP contribution in [0.5, 0.6) is 34.5 Å². The average Bonchev–Trinajstić information content (AvgIpc) is 0.803. The molecule has 8 rings (SSSR count). The fourth-order valence-corrected chi connectivity index (χ4v) is 11.1. The van der Waals surface area contributed by atoms with E-state index in [9.17, 15) is 14.8 Å². The number of nitrogens with zero attached hydrogens (tertiary/aromatic N) is 4. The molecule has 2 fully saturated rings. The molecule has 2 saturated heterocycles. The third-order valence-electron chi connectivity index (χ3n) is 16.1. The van der Waals surface area contributed by atoms with E-state index in [-0.39, 0.29) is 27.6 Å². The molecule has 2 aliphatic rings. The molecule has 0 atom stereocenters. The van der Waals surface area contributed by atoms with Crippen LogP contribution in [0.15, 0.2) is 146 Å². The molecule has 2 heterocycles. The Morgan fingerprint density at radius 3 is 0.870 bits per heavy atom. The van der Waals surface area contributed by atoms with E-state index in [4.69, 9.17) is 44.6 Å². The van der Waals surface area contributed by atoms with Crippen LogP contribution in [-0.4, -0.2) is 151 Å². The van der Waals surface area contributed by atoms with Gasteiger partial charge in [0, 0.05) is 78.5 Å². The van der Waals surface area contributed by atoms with Crippen molar-refractivity contribution in [2.24, 2.45) is 33.1 Å². The Hall–Kier alpha value is -7.30. The molecule has 92 heavy (non-hydrogen) atoms. The first-order chi connectivity index (χ1) is 43.8. The number of hydrogen-bond acceptors (Lipinski definition) is 18. The molecule has 0 aromatic heterocycles. The first-order valence-electron chi connectivity index (χ1n) is 31.4. The van der Waals surface area contributed by atoms with E-state index in [0.717, 1.165) is 109 Å². The summed E-state index contributed by atoms with van der Waals surface area (Å²) in [4.78, 5) is 34.2. The number of ether oxygens (including phenoxy) is 7. The number of esters is 1. The number of methoxy groups -OCH3 is 7. The highest BCUT2D eigenvalue weighted by molar-refractivity contribution is 5.80. The second-order valence-electron chi connectivity index (χ2n) is 26.7. The van der Waals surface area contributed by atoms with Crippen LogP contribution in [0.4, 0.5) is 0 Å². The minimum absolute atomic E-state index is 0.0226. The molecule has 0 saturated carbocycles. The molecule has 0 spiro atoms. The molecule has 0 unspecified atom stereocenters. The van der Waals surface area contributed by atoms with Gasteiger partial charge in [0.2, 0.25) is 0 Å². The Bertz CT molecular complexity index is 2750. The van der Waals surface area contributed by atoms with Crippen molar-refractivity contribution in [3.63, 3.8) is 0 Å². The molecule has 504 valence electrons. The second kappa shape index (κ2) is 36.8. The van der Waals surface area contributed by atoms with Crippen LogP contribution in [0.3, 0.4) is 0 Å². The largest absolute Gasteiger partial charge is 0.497 e. The second-order valence-corrected chi connectivity index (χ2v) is 26.7. The maximum absolute atomic E-state index is 12.8. The summed E-state index contributed by atoms with van der Waals surface area (Å²) in [6, 6.07) is 48.0. The predicted molar refractivity (Wildman–Crippen MR) is 366 cm³/mol. The minimum Gasteiger partial charge on any atom is -0.497 e. The number of benzene rings is 6. The van der Waals surface area contributed by atoms with E-state index in [1.807, 2.05) is 141 Å². The SMILES string of the molecule is CC(C)(CN)CN.COC(=O)C1N(Cc2ccc(OC)cc2)CC(C)(C)CN1Cc1ccc(OC)cc1.COc1ccc(CN2CC(C)(C)CN(Cc3ccc(OC)cc3)C2C(=O)NO)cc1.COc1ccc(CNCC(C)(C)CNCc2ccc(OC)cc2)cc1. The van der Waals surface area contributed by atoms with Gasteiger partial charge >= 0.3 is 5.97 Å². The summed E-state index contributed by atoms with van der Waals surface area (Å²) in [5.41, 5.74) is 19.8. The van der Waals surface area contributed by atoms with E-state index in [0.29, 0.717) is 39.3 Å². The van der Waals surface area contributed by atoms with Gasteiger partial charge in [-0.1, -0.05) is 128 Å². The van der Waals surface area contributed by atoms with Crippen molar-refractivity contribution in [3.8, 4) is 34.5 Å². The third-order valence-corrected chi connectivity index (χ3v) is 16.1. The van der Waals surface area contributed by atoms with Gasteiger partial charge in [-0.25, -0.2) is 10.3 Å². The summed E-state index contributed by atoms with van der Waals surface area (Å²) in [6.45, 7) is 28.1. The van der Waals surface area contributed by atoms with Crippen molar-refractivity contribution in [2.45, 2.75) is 107 Å². The van der Waals surface area contributed by atoms with E-state index >= 15 is 0 Å². The topological polar surface area (TPSA) is 220 Å². The summed E-state index contributed by atoms with van der Waals surface area (Å²) in [6.07, 6.45) is -1.01. The zero-order valence-corrected chi connectivity index (χ0v) is 57.5. The van der Waals surface area contributed by atoms with Gasteiger partial charge in [0.15, 0.2) is 6.17 Å². The van der Waals surface area contributed by atoms with Gasteiger partial charge in [-0.3, -0.25) is 29.6 Å². The Labute approximate surface area is 548 Å². The average molecular weight is 1270 g/mol. The molecule has 0 bridgehead atoms. The van der Waals surface area contributed by atoms with Crippen LogP contribution < -0.4 is 56.0 Å². The Kier molecular flexibility index (Phi) is 30.2. The number of hydroxylamine groups is 1. The molecule has 6 aromatic carbocycles. The monoisotopic (exact) mass is 1270 g/mol. The van der Waals surface area contributed by atoms with Crippen molar-refractivity contribution < 1.29 is 48.0 Å². The maximum Gasteiger partial charge on any atom is 0.338 e. The van der Waals surface area contributed by atoms with Crippen molar-refractivity contribution >= 4 is 11.9 Å². The van der Waals surface area contributed by atoms with E-state index in [1.54, 1.807) is 42.7 Å². The molecule has 0 radical (unpaired) electrons. The summed E-state index contributed by atoms with van der Waals surface area (Å²) < 4.78 is 36.6. The summed E-state index contributed by atoms with van der Waals surface area (Å²) in [5, 5.41) is 16.5. The first kappa shape index (κ1) is 75.4. The van der Waals surface area contributed by atoms with Crippen LogP contribution in [0.25, 0.3) is 0 Å². The zero-order chi connectivity index (χ0) is 67.5. The van der Waals surface area contributed by atoms with Gasteiger partial charge in [-0.2, -0.15) is 0 Å². The summed E-state index contributed by atoms with van der Waals surface area (Å²) in [7, 11) is 11.4. The number of nitrogens with two attached hydrogens (primary N) is 2. The lowest BCUT2D eigenvalue weighted by Gasteiger charge is -2.49. The van der Waals surface area contributed by atoms with Crippen LogP contribution in [0.2, 0.25) is 0 Å². The fraction of sp³-hybridized carbons (Fsp3) is 0.479. The molecule has 0 aliphatic carbocycles. The highest BCUT2D eigenvalue weighted by Crippen LogP contribution is 2.34. The molecular weight excluding hydrogens is 1160 g/mol. The quantitative estimate of drug-likeness (QED) is 0.0169. The van der Waals surface area contributed by atoms with Gasteiger partial charge in [-0.15, -0.1) is 0 Å². The summed E-state index contributed by atoms with van der Waals surface area (Å²) in [5.74, 6) is 4.37. The normalized spacial score (nSPS) is 15.4. The van der Waals surface area contributed by atoms with Crippen molar-refractivity contribution in [1.82, 2.24) is 35.7 Å². The summed E-state index contributed by atoms with van der Waals surface area (Å²) >= 11 is 0. The third kappa shape index (κ3) is 25.0. The van der Waals surface area contributed by atoms with Gasteiger partial charge in [0.1, 0.15) is 40.7 Å². The Morgan fingerprint density at radius 2 is 0.663 bits per heavy atom. The van der Waals surface area contributed by atoms with Gasteiger partial charge in [-0.05, 0) is 141 Å². The molecule has 19 nitrogen and oxygen atoms in total. The predicted octanol–water partition coefficient (Wildman–Crippen LogP) is 9.97. The highest BCUT2D eigenvalue weighted by Gasteiger charge is 2.44. The van der Waals surface area contributed by atoms with Gasteiger partial charge in [0.05, 0.1) is 49.8 Å². The molecular formula is C73H107N9O10. The lowest BCUT2D eigenvalue weighted by Crippen LogP contribution is -2.64. The van der Waals surface area contributed by atoms with Crippen LogP contribution in [0, 0.1) is 21.7 Å². The van der Waals surface area contributed by atoms with Crippen LogP contribution >= 0.6 is 0 Å². The molecule has 8 N–H and O–H groups in total. The number of carbonyl (C=O) groups is 2. The fourth-order valence-electron chi connectivity index (χ4n) is 11.1. The Morgan fingerprint density at radius 1 is 0.424 bits per heavy atom. The number of amides is 1. The molecule has 6 aromatic rings. The highest BCUT2D eigenvalue weighted by atomic mass is 16.5. The van der Waals surface area contributed by atoms with Crippen molar-refractivity contribution in [2.75, 3.05) is 102 Å². The Balaban J connectivity index is 0.000000239. The van der Waals surface area contributed by atoms with Crippen LogP contribution in [-0.2, 0) is 53.6 Å². The lowest BCUT2D eigenvalue weighted by molar-refractivity contribution is -0.164. The molecule has 1 amide bonds. The van der Waals surface area contributed by atoms with Gasteiger partial charge < -0.3 is 55.3 Å². The van der Waals surface area contributed by atoms with Gasteiger partial charge in [0.25, 0.3) is 5.91 Å². The number of rotatable bonds is 26. The van der Waals surface area contributed by atoms with Crippen LogP contribution in [0.1, 0.15) is 88.8 Å². The minimum atomic E-state index is -0.577. The number of carbonyl (C=O) groups excluding carboxylic acids is 2. The van der Waals surface area contributed by atoms with E-state index in [2.05, 4.69) is 96.0 Å². The molecule has 19 heteroatoms. The maximum atomic E-state index is 12.8. The van der Waals surface area contributed by atoms with Crippen molar-refractivity contribution in [3.05, 3.63) is 179 Å². The smallest absolute Gasteiger partial charge is 0.338 e. The molecule has 2 aliphatic heterocycles. The van der Waals surface area contributed by atoms with E-state index in [1.165, 1.54) is 18.2 Å². The number of nitrogens with one attached hydrogen (secondary N) is 3. The number of hydrogen-bond donors (Lipinski definition) is 6. The van der Waals surface area contributed by atoms with Crippen molar-refractivity contribution in [1.29, 1.82) is 0 Å². The standard InChI is InChI=1S/C24H32N2O4.C23H31N3O4.C21H30N2O2.C5H14N2/c1-24(2)16-25(14-18-6-10-20(28-3)11-7-18)22(23(27)30-5)26(17-24)15-19-8-12-21(29-4)13-9-19;1-23(2)15-25(13-17-5-9-19(29-3)10-6-17)22(21(27)24-28)26(16-23)14-18-7-11-20(30-4)12-8-18;1-21(2,15-22-13-17-5-9-19(24-3)10-6-17)16-23-14-18-7-11-20(25-4)12-8-18;1-5(2,3-6)4-7/h6-13,22H,14-17H2,1-5H3;5-12,22,28H,13-16H2,1-4H3,(H,24,27);5-12,22-23H,13-16H2,1-4H3;3-4,6-7H2,1-2H3. The zero-order valence-electron chi connectivity index (χ0n) is 57.5. The first-order valence-corrected chi connectivity index (χ1v) is 31.4.